The molecule has 5 heteroatoms. The van der Waals surface area contributed by atoms with E-state index in [0.717, 1.165) is 10.4 Å². The number of benzene rings is 1. The van der Waals surface area contributed by atoms with E-state index in [1.807, 2.05) is 47.8 Å². The number of carbonyl (C=O) groups is 2. The maximum Gasteiger partial charge on any atom is 0.262 e. The molecule has 0 aliphatic rings. The van der Waals surface area contributed by atoms with E-state index < -0.39 is 0 Å². The standard InChI is InChI=1S/C15H14N2O2S/c18-14(9-8-13-7-4-10-20-13)16-17-15(19)11-12-5-2-1-3-6-12/h1-10H,11H2,(H,16,18)(H,17,19). The van der Waals surface area contributed by atoms with Crippen LogP contribution in [0, 0.1) is 0 Å². The molecule has 102 valence electrons. The van der Waals surface area contributed by atoms with Gasteiger partial charge in [0, 0.05) is 11.0 Å². The van der Waals surface area contributed by atoms with Crippen molar-refractivity contribution in [2.24, 2.45) is 0 Å². The van der Waals surface area contributed by atoms with Crippen LogP contribution in [-0.4, -0.2) is 11.8 Å². The summed E-state index contributed by atoms with van der Waals surface area (Å²) in [6.07, 6.45) is 3.31. The Bertz CT molecular complexity index is 592. The molecule has 0 radical (unpaired) electrons. The maximum atomic E-state index is 11.6. The molecule has 0 fully saturated rings. The van der Waals surface area contributed by atoms with Crippen molar-refractivity contribution in [1.82, 2.24) is 10.9 Å². The molecule has 0 saturated carbocycles. The smallest absolute Gasteiger partial charge is 0.262 e. The largest absolute Gasteiger partial charge is 0.273 e. The Morgan fingerprint density at radius 3 is 2.55 bits per heavy atom. The van der Waals surface area contributed by atoms with Crippen molar-refractivity contribution in [3.63, 3.8) is 0 Å². The summed E-state index contributed by atoms with van der Waals surface area (Å²) >= 11 is 1.54. The number of hydrogen-bond acceptors (Lipinski definition) is 3. The van der Waals surface area contributed by atoms with Crippen LogP contribution in [0.4, 0.5) is 0 Å². The van der Waals surface area contributed by atoms with Crippen LogP contribution in [0.2, 0.25) is 0 Å². The van der Waals surface area contributed by atoms with E-state index in [4.69, 9.17) is 0 Å². The third-order valence-electron chi connectivity index (χ3n) is 2.47. The summed E-state index contributed by atoms with van der Waals surface area (Å²) in [6.45, 7) is 0. The second-order valence-corrected chi connectivity index (χ2v) is 5.03. The minimum Gasteiger partial charge on any atom is -0.273 e. The Morgan fingerprint density at radius 2 is 1.85 bits per heavy atom. The molecular weight excluding hydrogens is 272 g/mol. The van der Waals surface area contributed by atoms with E-state index in [9.17, 15) is 9.59 Å². The van der Waals surface area contributed by atoms with Gasteiger partial charge in [0.2, 0.25) is 5.91 Å². The molecule has 2 aromatic rings. The SMILES string of the molecule is O=C(C=Cc1cccs1)NNC(=O)Cc1ccccc1. The van der Waals surface area contributed by atoms with E-state index >= 15 is 0 Å². The molecule has 0 spiro atoms. The Balaban J connectivity index is 1.74. The molecule has 0 aliphatic heterocycles. The highest BCUT2D eigenvalue weighted by molar-refractivity contribution is 7.10. The fraction of sp³-hybridized carbons (Fsp3) is 0.0667. The summed E-state index contributed by atoms with van der Waals surface area (Å²) in [7, 11) is 0. The van der Waals surface area contributed by atoms with Gasteiger partial charge in [-0.3, -0.25) is 20.4 Å². The lowest BCUT2D eigenvalue weighted by molar-refractivity contribution is -0.126. The molecule has 4 nitrogen and oxygen atoms in total. The first-order valence-electron chi connectivity index (χ1n) is 6.08. The molecule has 1 aromatic carbocycles. The predicted octanol–water partition coefficient (Wildman–Crippen LogP) is 2.15. The molecule has 2 amide bonds. The van der Waals surface area contributed by atoms with Crippen LogP contribution in [0.5, 0.6) is 0 Å². The number of nitrogens with one attached hydrogen (secondary N) is 2. The maximum absolute atomic E-state index is 11.6. The summed E-state index contributed by atoms with van der Waals surface area (Å²) in [6, 6.07) is 13.1. The van der Waals surface area contributed by atoms with Gasteiger partial charge < -0.3 is 0 Å². The van der Waals surface area contributed by atoms with Gasteiger partial charge in [-0.1, -0.05) is 36.4 Å². The highest BCUT2D eigenvalue weighted by atomic mass is 32.1. The quantitative estimate of drug-likeness (QED) is 0.668. The van der Waals surface area contributed by atoms with Crippen molar-refractivity contribution in [2.45, 2.75) is 6.42 Å². The first-order chi connectivity index (χ1) is 9.74. The number of rotatable bonds is 4. The molecule has 0 saturated heterocycles. The van der Waals surface area contributed by atoms with E-state index in [-0.39, 0.29) is 18.2 Å². The molecule has 1 aromatic heterocycles. The summed E-state index contributed by atoms with van der Waals surface area (Å²) in [5.41, 5.74) is 5.62. The zero-order chi connectivity index (χ0) is 14.2. The third kappa shape index (κ3) is 4.70. The summed E-state index contributed by atoms with van der Waals surface area (Å²) in [5.74, 6) is -0.617. The van der Waals surface area contributed by atoms with Gasteiger partial charge in [-0.05, 0) is 23.1 Å². The summed E-state index contributed by atoms with van der Waals surface area (Å²) in [4.78, 5) is 24.1. The zero-order valence-corrected chi connectivity index (χ0v) is 11.5. The minimum absolute atomic E-state index is 0.232. The molecule has 0 aliphatic carbocycles. The highest BCUT2D eigenvalue weighted by Crippen LogP contribution is 2.09. The Kier molecular flexibility index (Phi) is 5.08. The van der Waals surface area contributed by atoms with E-state index in [1.54, 1.807) is 6.08 Å². The average Bonchev–Trinajstić information content (AvgIpc) is 2.97. The minimum atomic E-state index is -0.361. The molecule has 1 heterocycles. The molecule has 20 heavy (non-hydrogen) atoms. The molecule has 0 unspecified atom stereocenters. The highest BCUT2D eigenvalue weighted by Gasteiger charge is 2.03. The van der Waals surface area contributed by atoms with Crippen molar-refractivity contribution < 1.29 is 9.59 Å². The van der Waals surface area contributed by atoms with Gasteiger partial charge in [-0.2, -0.15) is 0 Å². The lowest BCUT2D eigenvalue weighted by Gasteiger charge is -2.05. The molecule has 0 atom stereocenters. The summed E-state index contributed by atoms with van der Waals surface area (Å²) in [5, 5.41) is 1.93. The van der Waals surface area contributed by atoms with Crippen molar-refractivity contribution in [3.8, 4) is 0 Å². The van der Waals surface area contributed by atoms with Crippen LogP contribution in [0.1, 0.15) is 10.4 Å². The third-order valence-corrected chi connectivity index (χ3v) is 3.31. The van der Waals surface area contributed by atoms with E-state index in [0.29, 0.717) is 0 Å². The van der Waals surface area contributed by atoms with Gasteiger partial charge in [0.1, 0.15) is 0 Å². The van der Waals surface area contributed by atoms with Crippen LogP contribution in [0.3, 0.4) is 0 Å². The monoisotopic (exact) mass is 286 g/mol. The number of amides is 2. The number of hydrazine groups is 1. The average molecular weight is 286 g/mol. The fourth-order valence-corrected chi connectivity index (χ4v) is 2.16. The van der Waals surface area contributed by atoms with Crippen LogP contribution in [0.25, 0.3) is 6.08 Å². The van der Waals surface area contributed by atoms with Gasteiger partial charge in [0.05, 0.1) is 6.42 Å². The van der Waals surface area contributed by atoms with Crippen LogP contribution >= 0.6 is 11.3 Å². The zero-order valence-electron chi connectivity index (χ0n) is 10.7. The second-order valence-electron chi connectivity index (χ2n) is 4.05. The summed E-state index contributed by atoms with van der Waals surface area (Å²) < 4.78 is 0. The Morgan fingerprint density at radius 1 is 1.05 bits per heavy atom. The Labute approximate surface area is 121 Å². The van der Waals surface area contributed by atoms with Crippen LogP contribution in [0.15, 0.2) is 53.9 Å². The lowest BCUT2D eigenvalue weighted by atomic mass is 10.1. The van der Waals surface area contributed by atoms with Crippen LogP contribution < -0.4 is 10.9 Å². The topological polar surface area (TPSA) is 58.2 Å². The lowest BCUT2D eigenvalue weighted by Crippen LogP contribution is -2.41. The first-order valence-corrected chi connectivity index (χ1v) is 6.96. The van der Waals surface area contributed by atoms with Gasteiger partial charge in [0.25, 0.3) is 5.91 Å². The van der Waals surface area contributed by atoms with E-state index in [1.165, 1.54) is 17.4 Å². The first kappa shape index (κ1) is 14.0. The van der Waals surface area contributed by atoms with Crippen molar-refractivity contribution in [1.29, 1.82) is 0 Å². The van der Waals surface area contributed by atoms with Crippen molar-refractivity contribution >= 4 is 29.2 Å². The predicted molar refractivity (Wildman–Crippen MR) is 79.8 cm³/mol. The van der Waals surface area contributed by atoms with Crippen molar-refractivity contribution in [3.05, 3.63) is 64.4 Å². The number of carbonyl (C=O) groups excluding carboxylic acids is 2. The molecule has 0 bridgehead atoms. The molecule has 2 rings (SSSR count). The fourth-order valence-electron chi connectivity index (χ4n) is 1.54. The number of hydrogen-bond donors (Lipinski definition) is 2. The van der Waals surface area contributed by atoms with Gasteiger partial charge in [0.15, 0.2) is 0 Å². The molecule has 2 N–H and O–H groups in total. The Hall–Kier alpha value is -2.40. The van der Waals surface area contributed by atoms with Gasteiger partial charge in [-0.15, -0.1) is 11.3 Å². The number of thiophene rings is 1. The normalized spacial score (nSPS) is 10.4. The second kappa shape index (κ2) is 7.25. The molecular formula is C15H14N2O2S. The van der Waals surface area contributed by atoms with Crippen LogP contribution in [-0.2, 0) is 16.0 Å². The van der Waals surface area contributed by atoms with Gasteiger partial charge >= 0.3 is 0 Å². The van der Waals surface area contributed by atoms with Crippen molar-refractivity contribution in [2.75, 3.05) is 0 Å². The van der Waals surface area contributed by atoms with Gasteiger partial charge in [-0.25, -0.2) is 0 Å². The van der Waals surface area contributed by atoms with E-state index in [2.05, 4.69) is 10.9 Å².